The van der Waals surface area contributed by atoms with Crippen LogP contribution in [0.4, 0.5) is 0 Å². The number of ketones is 1. The molecular weight excluding hydrogens is 224 g/mol. The Morgan fingerprint density at radius 1 is 1.25 bits per heavy atom. The van der Waals surface area contributed by atoms with Gasteiger partial charge in [-0.2, -0.15) is 0 Å². The fourth-order valence-electron chi connectivity index (χ4n) is 2.00. The van der Waals surface area contributed by atoms with Crippen molar-refractivity contribution in [2.24, 2.45) is 0 Å². The smallest absolute Gasteiger partial charge is 0.218 e. The molecule has 2 saturated heterocycles. The van der Waals surface area contributed by atoms with Gasteiger partial charge in [0, 0.05) is 16.6 Å². The van der Waals surface area contributed by atoms with Gasteiger partial charge in [0.05, 0.1) is 12.7 Å². The van der Waals surface area contributed by atoms with Gasteiger partial charge in [0.2, 0.25) is 6.29 Å². The van der Waals surface area contributed by atoms with Gasteiger partial charge < -0.3 is 9.47 Å². The summed E-state index contributed by atoms with van der Waals surface area (Å²) in [4.78, 5) is 12.8. The Kier molecular flexibility index (Phi) is 2.71. The van der Waals surface area contributed by atoms with Crippen molar-refractivity contribution < 1.29 is 14.3 Å². The lowest BCUT2D eigenvalue weighted by Gasteiger charge is -2.25. The van der Waals surface area contributed by atoms with Crippen LogP contribution in [0.3, 0.4) is 0 Å². The van der Waals surface area contributed by atoms with Crippen LogP contribution in [0.15, 0.2) is 35.2 Å². The molecule has 0 amide bonds. The molecular formula is C12H12O3S. The average Bonchev–Trinajstić information content (AvgIpc) is 2.73. The predicted octanol–water partition coefficient (Wildman–Crippen LogP) is 1.86. The molecule has 84 valence electrons. The number of thioether (sulfide) groups is 1. The number of Topliss-reactive ketones (excluding diaryl/α,β-unsaturated/α-hetero) is 1. The SMILES string of the molecule is O=C1C[C@@H](Sc2ccccc2)[C@H]2CO[C@H]1O2. The molecule has 2 fully saturated rings. The minimum atomic E-state index is -0.586. The highest BCUT2D eigenvalue weighted by atomic mass is 32.2. The third kappa shape index (κ3) is 1.88. The van der Waals surface area contributed by atoms with Crippen molar-refractivity contribution in [1.82, 2.24) is 0 Å². The van der Waals surface area contributed by atoms with Gasteiger partial charge in [0.25, 0.3) is 0 Å². The fraction of sp³-hybridized carbons (Fsp3) is 0.417. The third-order valence-corrected chi connectivity index (χ3v) is 4.14. The second-order valence-corrected chi connectivity index (χ2v) is 5.29. The Bertz CT molecular complexity index is 393. The fourth-order valence-corrected chi connectivity index (χ4v) is 3.21. The van der Waals surface area contributed by atoms with Crippen molar-refractivity contribution in [2.45, 2.75) is 29.0 Å². The van der Waals surface area contributed by atoms with Crippen molar-refractivity contribution in [1.29, 1.82) is 0 Å². The Balaban J connectivity index is 1.73. The summed E-state index contributed by atoms with van der Waals surface area (Å²) in [5.41, 5.74) is 0. The van der Waals surface area contributed by atoms with Crippen molar-refractivity contribution in [2.75, 3.05) is 6.61 Å². The van der Waals surface area contributed by atoms with Gasteiger partial charge in [-0.25, -0.2) is 0 Å². The Morgan fingerprint density at radius 2 is 2.06 bits per heavy atom. The van der Waals surface area contributed by atoms with Crippen molar-refractivity contribution in [3.63, 3.8) is 0 Å². The number of ether oxygens (including phenoxy) is 2. The minimum Gasteiger partial charge on any atom is -0.343 e. The molecule has 2 heterocycles. The first-order valence-corrected chi connectivity index (χ1v) is 6.22. The molecule has 0 aliphatic carbocycles. The maximum atomic E-state index is 11.6. The van der Waals surface area contributed by atoms with Crippen LogP contribution in [-0.2, 0) is 14.3 Å². The molecule has 0 spiro atoms. The van der Waals surface area contributed by atoms with E-state index < -0.39 is 6.29 Å². The topological polar surface area (TPSA) is 35.5 Å². The summed E-state index contributed by atoms with van der Waals surface area (Å²) < 4.78 is 10.8. The largest absolute Gasteiger partial charge is 0.343 e. The summed E-state index contributed by atoms with van der Waals surface area (Å²) in [6.07, 6.45) is 0.0278. The van der Waals surface area contributed by atoms with Gasteiger partial charge in [-0.15, -0.1) is 11.8 Å². The Hall–Kier alpha value is -0.840. The molecule has 0 unspecified atom stereocenters. The summed E-state index contributed by atoms with van der Waals surface area (Å²) in [6.45, 7) is 0.543. The van der Waals surface area contributed by atoms with Gasteiger partial charge in [0.15, 0.2) is 5.78 Å². The normalized spacial score (nSPS) is 33.0. The summed E-state index contributed by atoms with van der Waals surface area (Å²) in [7, 11) is 0. The van der Waals surface area contributed by atoms with E-state index in [4.69, 9.17) is 9.47 Å². The molecule has 1 aromatic rings. The number of hydrogen-bond donors (Lipinski definition) is 0. The van der Waals surface area contributed by atoms with Crippen molar-refractivity contribution in [3.05, 3.63) is 30.3 Å². The Labute approximate surface area is 98.1 Å². The van der Waals surface area contributed by atoms with Crippen LogP contribution in [0, 0.1) is 0 Å². The second kappa shape index (κ2) is 4.20. The van der Waals surface area contributed by atoms with E-state index in [1.165, 1.54) is 4.90 Å². The van der Waals surface area contributed by atoms with E-state index in [9.17, 15) is 4.79 Å². The molecule has 2 aliphatic heterocycles. The van der Waals surface area contributed by atoms with Gasteiger partial charge in [-0.1, -0.05) is 18.2 Å². The monoisotopic (exact) mass is 236 g/mol. The van der Waals surface area contributed by atoms with E-state index in [0.29, 0.717) is 13.0 Å². The van der Waals surface area contributed by atoms with Crippen LogP contribution in [-0.4, -0.2) is 30.0 Å². The molecule has 0 aromatic heterocycles. The minimum absolute atomic E-state index is 0.0629. The zero-order chi connectivity index (χ0) is 11.0. The van der Waals surface area contributed by atoms with E-state index in [1.807, 2.05) is 18.2 Å². The predicted molar refractivity (Wildman–Crippen MR) is 60.3 cm³/mol. The lowest BCUT2D eigenvalue weighted by Crippen LogP contribution is -2.37. The van der Waals surface area contributed by atoms with Gasteiger partial charge in [0.1, 0.15) is 0 Å². The van der Waals surface area contributed by atoms with E-state index in [0.717, 1.165) is 0 Å². The van der Waals surface area contributed by atoms with Gasteiger partial charge in [-0.3, -0.25) is 4.79 Å². The summed E-state index contributed by atoms with van der Waals surface area (Å²) in [5.74, 6) is 0.0715. The molecule has 3 nitrogen and oxygen atoms in total. The molecule has 3 rings (SSSR count). The number of carbonyl (C=O) groups is 1. The quantitative estimate of drug-likeness (QED) is 0.785. The lowest BCUT2D eigenvalue weighted by molar-refractivity contribution is -0.151. The second-order valence-electron chi connectivity index (χ2n) is 3.98. The molecule has 3 atom stereocenters. The molecule has 4 heteroatoms. The Morgan fingerprint density at radius 3 is 2.88 bits per heavy atom. The first-order chi connectivity index (χ1) is 7.83. The highest BCUT2D eigenvalue weighted by Gasteiger charge is 2.43. The molecule has 16 heavy (non-hydrogen) atoms. The number of hydrogen-bond acceptors (Lipinski definition) is 4. The highest BCUT2D eigenvalue weighted by Crippen LogP contribution is 2.36. The third-order valence-electron chi connectivity index (χ3n) is 2.82. The maximum Gasteiger partial charge on any atom is 0.218 e. The lowest BCUT2D eigenvalue weighted by atomic mass is 10.1. The van der Waals surface area contributed by atoms with Crippen molar-refractivity contribution >= 4 is 17.5 Å². The highest BCUT2D eigenvalue weighted by molar-refractivity contribution is 8.00. The standard InChI is InChI=1S/C12H12O3S/c13-9-6-11(10-7-14-12(9)15-10)16-8-4-2-1-3-5-8/h1-5,10-12H,6-7H2/t10-,11-,12+/m1/s1. The molecule has 2 bridgehead atoms. The number of benzene rings is 1. The van der Waals surface area contributed by atoms with Crippen LogP contribution in [0.25, 0.3) is 0 Å². The number of rotatable bonds is 2. The first-order valence-electron chi connectivity index (χ1n) is 5.34. The van der Waals surface area contributed by atoms with E-state index in [1.54, 1.807) is 11.8 Å². The average molecular weight is 236 g/mol. The van der Waals surface area contributed by atoms with Crippen LogP contribution in [0.2, 0.25) is 0 Å². The van der Waals surface area contributed by atoms with Gasteiger partial charge >= 0.3 is 0 Å². The van der Waals surface area contributed by atoms with Gasteiger partial charge in [-0.05, 0) is 12.1 Å². The van der Waals surface area contributed by atoms with Crippen LogP contribution in [0.5, 0.6) is 0 Å². The molecule has 2 aliphatic rings. The van der Waals surface area contributed by atoms with Crippen LogP contribution >= 0.6 is 11.8 Å². The number of carbonyl (C=O) groups excluding carboxylic acids is 1. The van der Waals surface area contributed by atoms with E-state index >= 15 is 0 Å². The number of fused-ring (bicyclic) bond motifs is 2. The van der Waals surface area contributed by atoms with Crippen LogP contribution in [0.1, 0.15) is 6.42 Å². The van der Waals surface area contributed by atoms with Crippen molar-refractivity contribution in [3.8, 4) is 0 Å². The van der Waals surface area contributed by atoms with Crippen LogP contribution < -0.4 is 0 Å². The maximum absolute atomic E-state index is 11.6. The molecule has 0 saturated carbocycles. The molecule has 0 N–H and O–H groups in total. The van der Waals surface area contributed by atoms with E-state index in [2.05, 4.69) is 12.1 Å². The zero-order valence-electron chi connectivity index (χ0n) is 8.67. The molecule has 1 aromatic carbocycles. The summed E-state index contributed by atoms with van der Waals surface area (Å²) in [5, 5.41) is 0.189. The molecule has 0 radical (unpaired) electrons. The first kappa shape index (κ1) is 10.3. The summed E-state index contributed by atoms with van der Waals surface area (Å²) in [6, 6.07) is 10.1. The van der Waals surface area contributed by atoms with E-state index in [-0.39, 0.29) is 17.1 Å². The summed E-state index contributed by atoms with van der Waals surface area (Å²) >= 11 is 1.70. The zero-order valence-corrected chi connectivity index (χ0v) is 9.48.